The standard InChI is InChI=1S/C24H31N7O2/c1-3-29-8-10-30(11-9-29)21-16-18-6-7-25-24(32)22(18)23(28-21)27-19-4-5-20(26-17(19)2)31-12-14-33-15-13-31/h4-7,16H,3,8-15H2,1-2H3,(H,25,32)(H,27,28). The third-order valence-corrected chi connectivity index (χ3v) is 6.54. The van der Waals surface area contributed by atoms with Crippen LogP contribution in [-0.4, -0.2) is 78.9 Å². The van der Waals surface area contributed by atoms with Gasteiger partial charge in [0.2, 0.25) is 0 Å². The highest BCUT2D eigenvalue weighted by Gasteiger charge is 2.20. The summed E-state index contributed by atoms with van der Waals surface area (Å²) < 4.78 is 5.45. The Labute approximate surface area is 193 Å². The summed E-state index contributed by atoms with van der Waals surface area (Å²) in [5, 5.41) is 4.85. The second kappa shape index (κ2) is 9.36. The highest BCUT2D eigenvalue weighted by molar-refractivity contribution is 5.94. The molecule has 0 atom stereocenters. The molecule has 33 heavy (non-hydrogen) atoms. The normalized spacial score (nSPS) is 17.5. The molecule has 2 aliphatic heterocycles. The van der Waals surface area contributed by atoms with Crippen LogP contribution in [0.1, 0.15) is 12.6 Å². The molecule has 9 nitrogen and oxygen atoms in total. The van der Waals surface area contributed by atoms with Gasteiger partial charge in [0.15, 0.2) is 0 Å². The number of rotatable bonds is 5. The number of hydrogen-bond acceptors (Lipinski definition) is 8. The smallest absolute Gasteiger partial charge is 0.259 e. The molecule has 3 aromatic heterocycles. The number of piperazine rings is 1. The lowest BCUT2D eigenvalue weighted by molar-refractivity contribution is 0.122. The van der Waals surface area contributed by atoms with Gasteiger partial charge in [0.1, 0.15) is 17.5 Å². The highest BCUT2D eigenvalue weighted by atomic mass is 16.5. The zero-order valence-electron chi connectivity index (χ0n) is 19.3. The molecule has 0 aliphatic carbocycles. The van der Waals surface area contributed by atoms with Crippen LogP contribution in [0, 0.1) is 6.92 Å². The SMILES string of the molecule is CCN1CCN(c2cc3cc[nH]c(=O)c3c(Nc3ccc(N4CCOCC4)nc3C)n2)CC1. The predicted molar refractivity (Wildman–Crippen MR) is 132 cm³/mol. The van der Waals surface area contributed by atoms with E-state index >= 15 is 0 Å². The van der Waals surface area contributed by atoms with Crippen molar-refractivity contribution in [2.24, 2.45) is 0 Å². The van der Waals surface area contributed by atoms with Crippen LogP contribution >= 0.6 is 0 Å². The van der Waals surface area contributed by atoms with E-state index in [4.69, 9.17) is 14.7 Å². The van der Waals surface area contributed by atoms with Crippen LogP contribution in [0.3, 0.4) is 0 Å². The van der Waals surface area contributed by atoms with E-state index in [0.29, 0.717) is 11.2 Å². The predicted octanol–water partition coefficient (Wildman–Crippen LogP) is 2.35. The van der Waals surface area contributed by atoms with Crippen LogP contribution < -0.4 is 20.7 Å². The Bertz CT molecular complexity index is 1180. The van der Waals surface area contributed by atoms with Gasteiger partial charge in [0.05, 0.1) is 30.0 Å². The van der Waals surface area contributed by atoms with Crippen molar-refractivity contribution in [1.82, 2.24) is 19.9 Å². The number of aryl methyl sites for hydroxylation is 1. The van der Waals surface area contributed by atoms with Crippen LogP contribution in [0.15, 0.2) is 35.3 Å². The van der Waals surface area contributed by atoms with Crippen molar-refractivity contribution in [1.29, 1.82) is 0 Å². The minimum Gasteiger partial charge on any atom is -0.378 e. The first-order valence-electron chi connectivity index (χ1n) is 11.7. The summed E-state index contributed by atoms with van der Waals surface area (Å²) in [7, 11) is 0. The zero-order chi connectivity index (χ0) is 22.8. The molecule has 9 heteroatoms. The average Bonchev–Trinajstić information content (AvgIpc) is 2.85. The van der Waals surface area contributed by atoms with E-state index < -0.39 is 0 Å². The van der Waals surface area contributed by atoms with Crippen LogP contribution in [0.5, 0.6) is 0 Å². The van der Waals surface area contributed by atoms with E-state index in [0.717, 1.165) is 87.4 Å². The molecular formula is C24H31N7O2. The molecule has 5 rings (SSSR count). The molecule has 0 unspecified atom stereocenters. The lowest BCUT2D eigenvalue weighted by Gasteiger charge is -2.35. The van der Waals surface area contributed by atoms with Crippen molar-refractivity contribution in [3.8, 4) is 0 Å². The van der Waals surface area contributed by atoms with Gasteiger partial charge in [-0.05, 0) is 43.1 Å². The maximum atomic E-state index is 12.7. The number of fused-ring (bicyclic) bond motifs is 1. The van der Waals surface area contributed by atoms with Gasteiger partial charge >= 0.3 is 0 Å². The Morgan fingerprint density at radius 3 is 2.48 bits per heavy atom. The molecule has 0 aromatic carbocycles. The maximum absolute atomic E-state index is 12.7. The lowest BCUT2D eigenvalue weighted by Crippen LogP contribution is -2.46. The van der Waals surface area contributed by atoms with Gasteiger partial charge in [0, 0.05) is 45.5 Å². The van der Waals surface area contributed by atoms with E-state index in [9.17, 15) is 4.79 Å². The van der Waals surface area contributed by atoms with Gasteiger partial charge in [-0.3, -0.25) is 4.79 Å². The van der Waals surface area contributed by atoms with Crippen LogP contribution in [0.2, 0.25) is 0 Å². The van der Waals surface area contributed by atoms with Gasteiger partial charge in [0.25, 0.3) is 5.56 Å². The Kier molecular flexibility index (Phi) is 6.15. The third kappa shape index (κ3) is 4.51. The van der Waals surface area contributed by atoms with Crippen molar-refractivity contribution in [2.75, 3.05) is 74.1 Å². The molecule has 3 aromatic rings. The first-order valence-corrected chi connectivity index (χ1v) is 11.7. The summed E-state index contributed by atoms with van der Waals surface area (Å²) >= 11 is 0. The first kappa shape index (κ1) is 21.7. The second-order valence-corrected chi connectivity index (χ2v) is 8.55. The minimum atomic E-state index is -0.152. The number of hydrogen-bond donors (Lipinski definition) is 2. The fourth-order valence-corrected chi connectivity index (χ4v) is 4.52. The molecule has 0 radical (unpaired) electrons. The van der Waals surface area contributed by atoms with Crippen molar-refractivity contribution < 1.29 is 4.74 Å². The number of likely N-dealkylation sites (N-methyl/N-ethyl adjacent to an activating group) is 1. The van der Waals surface area contributed by atoms with E-state index in [-0.39, 0.29) is 5.56 Å². The fourth-order valence-electron chi connectivity index (χ4n) is 4.52. The quantitative estimate of drug-likeness (QED) is 0.614. The summed E-state index contributed by atoms with van der Waals surface area (Å²) in [5.41, 5.74) is 1.56. The van der Waals surface area contributed by atoms with Crippen LogP contribution in [0.4, 0.5) is 23.1 Å². The van der Waals surface area contributed by atoms with Crippen LogP contribution in [0.25, 0.3) is 10.8 Å². The summed E-state index contributed by atoms with van der Waals surface area (Å²) in [5.74, 6) is 2.40. The highest BCUT2D eigenvalue weighted by Crippen LogP contribution is 2.29. The summed E-state index contributed by atoms with van der Waals surface area (Å²) in [6.07, 6.45) is 1.69. The van der Waals surface area contributed by atoms with E-state index in [1.54, 1.807) is 6.20 Å². The molecular weight excluding hydrogens is 418 g/mol. The number of pyridine rings is 3. The summed E-state index contributed by atoms with van der Waals surface area (Å²) in [6.45, 7) is 12.2. The number of ether oxygens (including phenoxy) is 1. The largest absolute Gasteiger partial charge is 0.378 e. The summed E-state index contributed by atoms with van der Waals surface area (Å²) in [4.78, 5) is 32.2. The van der Waals surface area contributed by atoms with Crippen molar-refractivity contribution in [3.63, 3.8) is 0 Å². The van der Waals surface area contributed by atoms with E-state index in [1.165, 1.54) is 0 Å². The molecule has 0 spiro atoms. The fraction of sp³-hybridized carbons (Fsp3) is 0.458. The lowest BCUT2D eigenvalue weighted by atomic mass is 10.2. The van der Waals surface area contributed by atoms with Gasteiger partial charge in [-0.1, -0.05) is 6.92 Å². The second-order valence-electron chi connectivity index (χ2n) is 8.55. The number of nitrogens with one attached hydrogen (secondary N) is 2. The van der Waals surface area contributed by atoms with Gasteiger partial charge < -0.3 is 29.7 Å². The summed E-state index contributed by atoms with van der Waals surface area (Å²) in [6, 6.07) is 7.98. The maximum Gasteiger partial charge on any atom is 0.259 e. The first-order chi connectivity index (χ1) is 16.1. The third-order valence-electron chi connectivity index (χ3n) is 6.54. The molecule has 2 fully saturated rings. The number of anilines is 4. The molecule has 174 valence electrons. The Morgan fingerprint density at radius 1 is 1.00 bits per heavy atom. The minimum absolute atomic E-state index is 0.152. The monoisotopic (exact) mass is 449 g/mol. The van der Waals surface area contributed by atoms with E-state index in [2.05, 4.69) is 31.9 Å². The zero-order valence-corrected chi connectivity index (χ0v) is 19.3. The molecule has 0 saturated carbocycles. The topological polar surface area (TPSA) is 89.6 Å². The molecule has 2 saturated heterocycles. The number of H-pyrrole nitrogens is 1. The molecule has 0 bridgehead atoms. The van der Waals surface area contributed by atoms with Gasteiger partial charge in [-0.25, -0.2) is 9.97 Å². The number of nitrogens with zero attached hydrogens (tertiary/aromatic N) is 5. The molecule has 5 heterocycles. The van der Waals surface area contributed by atoms with Gasteiger partial charge in [-0.2, -0.15) is 0 Å². The number of aromatic nitrogens is 3. The van der Waals surface area contributed by atoms with Gasteiger partial charge in [-0.15, -0.1) is 0 Å². The number of aromatic amines is 1. The average molecular weight is 450 g/mol. The number of morpholine rings is 1. The van der Waals surface area contributed by atoms with E-state index in [1.807, 2.05) is 31.2 Å². The Morgan fingerprint density at radius 2 is 1.76 bits per heavy atom. The Balaban J connectivity index is 1.47. The molecule has 2 N–H and O–H groups in total. The van der Waals surface area contributed by atoms with Crippen LogP contribution in [-0.2, 0) is 4.74 Å². The van der Waals surface area contributed by atoms with Crippen molar-refractivity contribution >= 4 is 33.9 Å². The van der Waals surface area contributed by atoms with Crippen molar-refractivity contribution in [3.05, 3.63) is 46.5 Å². The Hall–Kier alpha value is -3.17. The molecule has 2 aliphatic rings. The molecule has 0 amide bonds. The van der Waals surface area contributed by atoms with Crippen molar-refractivity contribution in [2.45, 2.75) is 13.8 Å².